The number of allylic oxidation sites excluding steroid dienone is 2. The Hall–Kier alpha value is -3.16. The number of pyridine rings is 1. The molecule has 0 atom stereocenters. The highest BCUT2D eigenvalue weighted by Gasteiger charge is 2.42. The third-order valence-corrected chi connectivity index (χ3v) is 4.49. The quantitative estimate of drug-likeness (QED) is 0.532. The monoisotopic (exact) mass is 402 g/mol. The third kappa shape index (κ3) is 4.47. The predicted octanol–water partition coefficient (Wildman–Crippen LogP) is 3.31. The maximum Gasteiger partial charge on any atom is 0.418 e. The van der Waals surface area contributed by atoms with Crippen LogP contribution in [0.4, 0.5) is 4.79 Å². The van der Waals surface area contributed by atoms with Gasteiger partial charge in [0.05, 0.1) is 36.9 Å². The van der Waals surface area contributed by atoms with Crippen molar-refractivity contribution >= 4 is 18.0 Å². The molecule has 1 aliphatic heterocycles. The zero-order valence-electron chi connectivity index (χ0n) is 17.4. The van der Waals surface area contributed by atoms with E-state index >= 15 is 0 Å². The second-order valence-electron chi connectivity index (χ2n) is 6.19. The first-order valence-electron chi connectivity index (χ1n) is 9.51. The molecule has 8 nitrogen and oxygen atoms in total. The van der Waals surface area contributed by atoms with Crippen molar-refractivity contribution in [2.24, 2.45) is 0 Å². The number of carbonyl (C=O) groups excluding carboxylic acids is 3. The molecule has 1 aromatic rings. The Bertz CT molecular complexity index is 802. The van der Waals surface area contributed by atoms with Crippen LogP contribution in [0.3, 0.4) is 0 Å². The van der Waals surface area contributed by atoms with Crippen molar-refractivity contribution in [1.29, 1.82) is 0 Å². The summed E-state index contributed by atoms with van der Waals surface area (Å²) in [7, 11) is 0. The fourth-order valence-electron chi connectivity index (χ4n) is 3.35. The van der Waals surface area contributed by atoms with Crippen LogP contribution < -0.4 is 0 Å². The Balaban J connectivity index is 2.78. The lowest BCUT2D eigenvalue weighted by atomic mass is 9.80. The lowest BCUT2D eigenvalue weighted by molar-refractivity contribution is -0.139. The number of nitrogens with zero attached hydrogens (tertiary/aromatic N) is 2. The van der Waals surface area contributed by atoms with Crippen molar-refractivity contribution in [2.75, 3.05) is 19.8 Å². The molecule has 1 amide bonds. The molecule has 1 aliphatic rings. The van der Waals surface area contributed by atoms with Gasteiger partial charge in [-0.3, -0.25) is 9.88 Å². The van der Waals surface area contributed by atoms with Gasteiger partial charge in [-0.05, 0) is 46.2 Å². The summed E-state index contributed by atoms with van der Waals surface area (Å²) in [4.78, 5) is 43.8. The summed E-state index contributed by atoms with van der Waals surface area (Å²) in [5.74, 6) is -2.03. The average Bonchev–Trinajstić information content (AvgIpc) is 2.68. The number of hydrogen-bond donors (Lipinski definition) is 0. The van der Waals surface area contributed by atoms with Gasteiger partial charge in [-0.25, -0.2) is 14.4 Å². The number of rotatable bonds is 6. The number of carbonyl (C=O) groups is 3. The normalized spacial score (nSPS) is 14.7. The molecule has 156 valence electrons. The standard InChI is InChI=1S/C21H26N2O6/c1-6-27-19(24)16-13(4)23(21(26)29-8-3)14(5)17(20(25)28-7-2)18(16)15-10-9-11-22-12-15/h9-12,18H,6-8H2,1-5H3. The van der Waals surface area contributed by atoms with E-state index < -0.39 is 23.9 Å². The molecule has 2 rings (SSSR count). The van der Waals surface area contributed by atoms with Gasteiger partial charge in [0.2, 0.25) is 0 Å². The van der Waals surface area contributed by atoms with Crippen LogP contribution in [0.5, 0.6) is 0 Å². The van der Waals surface area contributed by atoms with Crippen molar-refractivity contribution < 1.29 is 28.6 Å². The van der Waals surface area contributed by atoms with Gasteiger partial charge in [0.15, 0.2) is 0 Å². The maximum absolute atomic E-state index is 12.9. The maximum atomic E-state index is 12.9. The molecule has 1 aromatic heterocycles. The first kappa shape index (κ1) is 22.1. The molecule has 0 radical (unpaired) electrons. The van der Waals surface area contributed by atoms with Gasteiger partial charge < -0.3 is 14.2 Å². The number of esters is 2. The number of aromatic nitrogens is 1. The minimum absolute atomic E-state index is 0.144. The number of ether oxygens (including phenoxy) is 3. The van der Waals surface area contributed by atoms with Gasteiger partial charge in [-0.15, -0.1) is 0 Å². The van der Waals surface area contributed by atoms with E-state index in [1.165, 1.54) is 4.90 Å². The van der Waals surface area contributed by atoms with Crippen molar-refractivity contribution in [3.05, 3.63) is 52.6 Å². The molecule has 2 heterocycles. The fourth-order valence-corrected chi connectivity index (χ4v) is 3.35. The molecule has 0 spiro atoms. The van der Waals surface area contributed by atoms with E-state index in [1.54, 1.807) is 59.1 Å². The summed E-state index contributed by atoms with van der Waals surface area (Å²) < 4.78 is 15.6. The molecule has 0 saturated heterocycles. The molecule has 0 aliphatic carbocycles. The smallest absolute Gasteiger partial charge is 0.418 e. The summed E-state index contributed by atoms with van der Waals surface area (Å²) in [5.41, 5.74) is 1.62. The van der Waals surface area contributed by atoms with Crippen LogP contribution in [0.25, 0.3) is 0 Å². The molecule has 29 heavy (non-hydrogen) atoms. The van der Waals surface area contributed by atoms with E-state index in [1.807, 2.05) is 0 Å². The fraction of sp³-hybridized carbons (Fsp3) is 0.429. The van der Waals surface area contributed by atoms with Crippen molar-refractivity contribution in [3.8, 4) is 0 Å². The molecule has 0 fully saturated rings. The molecular weight excluding hydrogens is 376 g/mol. The first-order chi connectivity index (χ1) is 13.9. The summed E-state index contributed by atoms with van der Waals surface area (Å²) in [6, 6.07) is 3.47. The van der Waals surface area contributed by atoms with E-state index in [4.69, 9.17) is 14.2 Å². The second-order valence-corrected chi connectivity index (χ2v) is 6.19. The highest BCUT2D eigenvalue weighted by Crippen LogP contribution is 2.42. The minimum atomic E-state index is -0.785. The third-order valence-electron chi connectivity index (χ3n) is 4.49. The van der Waals surface area contributed by atoms with Crippen LogP contribution in [0.1, 0.15) is 46.1 Å². The van der Waals surface area contributed by atoms with E-state index in [-0.39, 0.29) is 31.0 Å². The Labute approximate surface area is 170 Å². The summed E-state index contributed by atoms with van der Waals surface area (Å²) in [5, 5.41) is 0. The topological polar surface area (TPSA) is 95.0 Å². The lowest BCUT2D eigenvalue weighted by Gasteiger charge is -2.35. The molecule has 0 saturated carbocycles. The van der Waals surface area contributed by atoms with Gasteiger partial charge in [0, 0.05) is 23.8 Å². The molecular formula is C21H26N2O6. The molecule has 0 unspecified atom stereocenters. The van der Waals surface area contributed by atoms with E-state index in [9.17, 15) is 14.4 Å². The van der Waals surface area contributed by atoms with E-state index in [2.05, 4.69) is 4.98 Å². The molecule has 0 bridgehead atoms. The van der Waals surface area contributed by atoms with Gasteiger partial charge in [-0.2, -0.15) is 0 Å². The van der Waals surface area contributed by atoms with Crippen LogP contribution in [0.15, 0.2) is 47.1 Å². The van der Waals surface area contributed by atoms with E-state index in [0.717, 1.165) is 0 Å². The van der Waals surface area contributed by atoms with Crippen LogP contribution >= 0.6 is 0 Å². The molecule has 0 aromatic carbocycles. The zero-order valence-corrected chi connectivity index (χ0v) is 17.4. The largest absolute Gasteiger partial charge is 0.463 e. The average molecular weight is 402 g/mol. The predicted molar refractivity (Wildman–Crippen MR) is 105 cm³/mol. The van der Waals surface area contributed by atoms with Crippen molar-refractivity contribution in [3.63, 3.8) is 0 Å². The van der Waals surface area contributed by atoms with Crippen LogP contribution in [-0.4, -0.2) is 47.7 Å². The van der Waals surface area contributed by atoms with Crippen LogP contribution in [0.2, 0.25) is 0 Å². The van der Waals surface area contributed by atoms with Crippen molar-refractivity contribution in [1.82, 2.24) is 9.88 Å². The molecule has 8 heteroatoms. The Kier molecular flexibility index (Phi) is 7.52. The zero-order chi connectivity index (χ0) is 21.6. The van der Waals surface area contributed by atoms with Crippen molar-refractivity contribution in [2.45, 2.75) is 40.5 Å². The SMILES string of the molecule is CCOC(=O)C1=C(C)N(C(=O)OCC)C(C)=C(C(=O)OCC)C1c1cccnc1. The van der Waals surface area contributed by atoms with Crippen LogP contribution in [-0.2, 0) is 23.8 Å². The second kappa shape index (κ2) is 9.86. The molecule has 0 N–H and O–H groups in total. The van der Waals surface area contributed by atoms with Crippen LogP contribution in [0, 0.1) is 0 Å². The number of amides is 1. The first-order valence-corrected chi connectivity index (χ1v) is 9.51. The summed E-state index contributed by atoms with van der Waals surface area (Å²) in [6.45, 7) is 8.73. The summed E-state index contributed by atoms with van der Waals surface area (Å²) in [6.07, 6.45) is 2.48. The van der Waals surface area contributed by atoms with Gasteiger partial charge in [-0.1, -0.05) is 6.07 Å². The highest BCUT2D eigenvalue weighted by molar-refractivity contribution is 6.01. The lowest BCUT2D eigenvalue weighted by Crippen LogP contribution is -2.38. The Morgan fingerprint density at radius 2 is 1.45 bits per heavy atom. The Morgan fingerprint density at radius 1 is 0.931 bits per heavy atom. The summed E-state index contributed by atoms with van der Waals surface area (Å²) >= 11 is 0. The van der Waals surface area contributed by atoms with Gasteiger partial charge in [0.1, 0.15) is 0 Å². The Morgan fingerprint density at radius 3 is 1.86 bits per heavy atom. The minimum Gasteiger partial charge on any atom is -0.463 e. The van der Waals surface area contributed by atoms with E-state index in [0.29, 0.717) is 17.0 Å². The van der Waals surface area contributed by atoms with Gasteiger partial charge in [0.25, 0.3) is 0 Å². The van der Waals surface area contributed by atoms with Gasteiger partial charge >= 0.3 is 18.0 Å². The number of hydrogen-bond acceptors (Lipinski definition) is 7. The highest BCUT2D eigenvalue weighted by atomic mass is 16.6.